The van der Waals surface area contributed by atoms with E-state index in [0.717, 1.165) is 0 Å². The maximum absolute atomic E-state index is 6.21. The van der Waals surface area contributed by atoms with Gasteiger partial charge in [-0.25, -0.2) is 0 Å². The van der Waals surface area contributed by atoms with Crippen LogP contribution < -0.4 is 0 Å². The van der Waals surface area contributed by atoms with E-state index in [1.807, 2.05) is 0 Å². The third kappa shape index (κ3) is 11.6. The van der Waals surface area contributed by atoms with Gasteiger partial charge in [-0.2, -0.15) is 6.54 Å². The zero-order valence-corrected chi connectivity index (χ0v) is 7.59. The first kappa shape index (κ1) is 8.90. The van der Waals surface area contributed by atoms with Gasteiger partial charge in [0.1, 0.15) is 0 Å². The molecule has 0 aliphatic carbocycles. The van der Waals surface area contributed by atoms with Crippen LogP contribution in [-0.4, -0.2) is 6.54 Å². The minimum absolute atomic E-state index is 0. The Morgan fingerprint density at radius 2 is 1.75 bits per heavy atom. The summed E-state index contributed by atoms with van der Waals surface area (Å²) in [5, 5.41) is 0. The Morgan fingerprint density at radius 1 is 1.75 bits per heavy atom. The molecule has 1 nitrogen and oxygen atoms in total. The molecular weight excluding hydrogens is 269 g/mol. The van der Waals surface area contributed by atoms with Crippen LogP contribution in [0, 0.1) is 32.3 Å². The minimum Gasteiger partial charge on any atom is -0.678 e. The average molecular weight is 275 g/mol. The van der Waals surface area contributed by atoms with Crippen LogP contribution in [0.1, 0.15) is 6.92 Å². The van der Waals surface area contributed by atoms with Gasteiger partial charge in [0.25, 0.3) is 0 Å². The van der Waals surface area contributed by atoms with Crippen molar-refractivity contribution in [2.24, 2.45) is 0 Å². The van der Waals surface area contributed by atoms with Gasteiger partial charge in [-0.05, 0) is 0 Å². The van der Waals surface area contributed by atoms with Gasteiger partial charge in [0.2, 0.25) is 0 Å². The zero-order valence-electron chi connectivity index (χ0n) is 2.78. The molecule has 1 radical (unpaired) electrons. The number of hydrogen-bond acceptors (Lipinski definition) is 0. The molecule has 23 valence electrons. The van der Waals surface area contributed by atoms with Gasteiger partial charge in [-0.15, -0.1) is 0 Å². The summed E-state index contributed by atoms with van der Waals surface area (Å²) in [4.78, 5) is 0. The number of nitrogens with one attached hydrogen (secondary N) is 1. The van der Waals surface area contributed by atoms with Crippen molar-refractivity contribution in [2.45, 2.75) is 6.92 Å². The molecule has 0 saturated heterocycles. The Bertz CT molecular complexity index is 6.00. The molecule has 0 aliphatic heterocycles. The molecule has 0 amide bonds. The first-order chi connectivity index (χ1) is 1.41. The quantitative estimate of drug-likeness (QED) is 0.631. The smallest absolute Gasteiger partial charge is 0 e. The van der Waals surface area contributed by atoms with Gasteiger partial charge in [0, 0.05) is 32.3 Å². The summed E-state index contributed by atoms with van der Waals surface area (Å²) in [6.45, 7) is 2.29. The fourth-order valence-corrected chi connectivity index (χ4v) is 0. The minimum atomic E-state index is 0. The topological polar surface area (TPSA) is 23.8 Å². The van der Waals surface area contributed by atoms with Crippen molar-refractivity contribution in [3.8, 4) is 0 Å². The molecule has 0 unspecified atom stereocenters. The van der Waals surface area contributed by atoms with E-state index in [9.17, 15) is 0 Å². The molecule has 0 aromatic rings. The van der Waals surface area contributed by atoms with E-state index in [-0.39, 0.29) is 32.3 Å². The Hall–Kier alpha value is 1.05. The van der Waals surface area contributed by atoms with E-state index in [4.69, 9.17) is 5.73 Å². The molecular formula is C2H6NPa-. The molecule has 0 saturated carbocycles. The van der Waals surface area contributed by atoms with Crippen LogP contribution in [0.25, 0.3) is 5.73 Å². The van der Waals surface area contributed by atoms with Crippen molar-refractivity contribution >= 4 is 0 Å². The van der Waals surface area contributed by atoms with Crippen LogP contribution in [0.5, 0.6) is 0 Å². The predicted octanol–water partition coefficient (Wildman–Crippen LogP) is 1.06. The van der Waals surface area contributed by atoms with Crippen LogP contribution >= 0.6 is 0 Å². The Labute approximate surface area is 51.4 Å². The molecule has 0 bridgehead atoms. The second-order valence-corrected chi connectivity index (χ2v) is 0.354. The predicted molar refractivity (Wildman–Crippen MR) is 14.9 cm³/mol. The van der Waals surface area contributed by atoms with Gasteiger partial charge in [-0.1, -0.05) is 6.92 Å². The van der Waals surface area contributed by atoms with Crippen LogP contribution in [0.4, 0.5) is 0 Å². The molecule has 0 aromatic heterocycles. The van der Waals surface area contributed by atoms with Crippen molar-refractivity contribution in [3.63, 3.8) is 0 Å². The van der Waals surface area contributed by atoms with E-state index in [2.05, 4.69) is 0 Å². The summed E-state index contributed by atoms with van der Waals surface area (Å²) >= 11 is 0. The summed E-state index contributed by atoms with van der Waals surface area (Å²) in [6, 6.07) is 0. The molecule has 1 N–H and O–H groups in total. The van der Waals surface area contributed by atoms with Crippen molar-refractivity contribution in [1.29, 1.82) is 0 Å². The molecule has 0 rings (SSSR count). The summed E-state index contributed by atoms with van der Waals surface area (Å²) in [5.74, 6) is 0. The average Bonchev–Trinajstić information content (AvgIpc) is 0.918. The standard InChI is InChI=1S/C2H6N.Pa/c1-2-3;/h3H,2H2,1H3;/q-1;. The Kier molecular flexibility index (Phi) is 20.0. The largest absolute Gasteiger partial charge is 0.678 e. The second kappa shape index (κ2) is 8.96. The van der Waals surface area contributed by atoms with Crippen LogP contribution in [0.3, 0.4) is 0 Å². The normalized spacial score (nSPS) is 4.50. The maximum Gasteiger partial charge on any atom is 0 e. The number of rotatable bonds is 0. The maximum atomic E-state index is 6.21. The summed E-state index contributed by atoms with van der Waals surface area (Å²) in [7, 11) is 0. The van der Waals surface area contributed by atoms with Crippen LogP contribution in [-0.2, 0) is 0 Å². The molecule has 0 spiro atoms. The Balaban J connectivity index is 0. The summed E-state index contributed by atoms with van der Waals surface area (Å²) in [6.07, 6.45) is 0. The van der Waals surface area contributed by atoms with E-state index in [0.29, 0.717) is 6.54 Å². The third-order valence-electron chi connectivity index (χ3n) is 0. The molecule has 0 aliphatic rings. The van der Waals surface area contributed by atoms with Gasteiger partial charge in [0.05, 0.1) is 0 Å². The molecule has 0 atom stereocenters. The number of hydrogen-bond donors (Lipinski definition) is 0. The zero-order chi connectivity index (χ0) is 2.71. The molecule has 0 aromatic carbocycles. The van der Waals surface area contributed by atoms with Crippen LogP contribution in [0.2, 0.25) is 0 Å². The summed E-state index contributed by atoms with van der Waals surface area (Å²) < 4.78 is 0. The SMILES string of the molecule is CC[NH-].[Pa]. The molecule has 0 fully saturated rings. The third-order valence-corrected chi connectivity index (χ3v) is 0. The first-order valence-electron chi connectivity index (χ1n) is 1.06. The van der Waals surface area contributed by atoms with Crippen molar-refractivity contribution in [2.75, 3.05) is 6.54 Å². The molecule has 0 heterocycles. The fraction of sp³-hybridized carbons (Fsp3) is 1.00. The second-order valence-electron chi connectivity index (χ2n) is 0.354. The van der Waals surface area contributed by atoms with E-state index >= 15 is 0 Å². The monoisotopic (exact) mass is 275 g/mol. The van der Waals surface area contributed by atoms with Crippen molar-refractivity contribution in [1.82, 2.24) is 0 Å². The Morgan fingerprint density at radius 3 is 1.75 bits per heavy atom. The molecule has 2 heteroatoms. The van der Waals surface area contributed by atoms with Crippen molar-refractivity contribution < 1.29 is 32.3 Å². The van der Waals surface area contributed by atoms with Crippen LogP contribution in [0.15, 0.2) is 0 Å². The summed E-state index contributed by atoms with van der Waals surface area (Å²) in [5.41, 5.74) is 6.21. The van der Waals surface area contributed by atoms with E-state index in [1.165, 1.54) is 0 Å². The van der Waals surface area contributed by atoms with Crippen molar-refractivity contribution in [3.05, 3.63) is 5.73 Å². The fourth-order valence-electron chi connectivity index (χ4n) is 0. The van der Waals surface area contributed by atoms with E-state index in [1.54, 1.807) is 6.92 Å². The van der Waals surface area contributed by atoms with Gasteiger partial charge >= 0.3 is 0 Å². The van der Waals surface area contributed by atoms with Gasteiger partial charge in [-0.3, -0.25) is 0 Å². The first-order valence-corrected chi connectivity index (χ1v) is 1.06. The van der Waals surface area contributed by atoms with Gasteiger partial charge < -0.3 is 5.73 Å². The molecule has 4 heavy (non-hydrogen) atoms. The van der Waals surface area contributed by atoms with E-state index < -0.39 is 0 Å². The van der Waals surface area contributed by atoms with Gasteiger partial charge in [0.15, 0.2) is 0 Å².